The van der Waals surface area contributed by atoms with Gasteiger partial charge in [0, 0.05) is 21.8 Å². The third-order valence-electron chi connectivity index (χ3n) is 5.18. The molecule has 26 heavy (non-hydrogen) atoms. The van der Waals surface area contributed by atoms with E-state index in [1.807, 2.05) is 7.05 Å². The highest BCUT2D eigenvalue weighted by atomic mass is 15.0. The Kier molecular flexibility index (Phi) is 5.03. The van der Waals surface area contributed by atoms with E-state index in [1.165, 1.54) is 27.4 Å². The summed E-state index contributed by atoms with van der Waals surface area (Å²) in [6.45, 7) is 1.04. The number of aromatic nitrogens is 1. The van der Waals surface area contributed by atoms with Gasteiger partial charge >= 0.3 is 0 Å². The Morgan fingerprint density at radius 1 is 1.00 bits per heavy atom. The average molecular weight is 342 g/mol. The molecule has 1 aliphatic carbocycles. The normalized spacial score (nSPS) is 17.4. The van der Waals surface area contributed by atoms with E-state index in [2.05, 4.69) is 88.8 Å². The molecule has 1 N–H and O–H groups in total. The molecule has 1 aromatic heterocycles. The third-order valence-corrected chi connectivity index (χ3v) is 5.18. The van der Waals surface area contributed by atoms with Crippen LogP contribution >= 0.6 is 0 Å². The van der Waals surface area contributed by atoms with Gasteiger partial charge in [-0.15, -0.1) is 0 Å². The highest BCUT2D eigenvalue weighted by Gasteiger charge is 2.17. The molecule has 4 rings (SSSR count). The quantitative estimate of drug-likeness (QED) is 0.444. The molecule has 0 bridgehead atoms. The molecule has 2 nitrogen and oxygen atoms in total. The first-order valence-corrected chi connectivity index (χ1v) is 9.53. The fraction of sp³-hybridized carbons (Fsp3) is 0.250. The molecule has 1 unspecified atom stereocenters. The molecule has 0 aliphatic heterocycles. The molecule has 1 aliphatic rings. The second kappa shape index (κ2) is 7.76. The van der Waals surface area contributed by atoms with Crippen LogP contribution in [0.15, 0.2) is 84.5 Å². The first-order valence-electron chi connectivity index (χ1n) is 9.53. The summed E-state index contributed by atoms with van der Waals surface area (Å²) in [5, 5.41) is 5.87. The van der Waals surface area contributed by atoms with Gasteiger partial charge < -0.3 is 9.88 Å². The van der Waals surface area contributed by atoms with Gasteiger partial charge in [0.05, 0.1) is 6.04 Å². The van der Waals surface area contributed by atoms with Crippen molar-refractivity contribution in [2.45, 2.75) is 25.3 Å². The van der Waals surface area contributed by atoms with Gasteiger partial charge in [-0.1, -0.05) is 66.8 Å². The highest BCUT2D eigenvalue weighted by Crippen LogP contribution is 2.35. The van der Waals surface area contributed by atoms with Gasteiger partial charge in [-0.2, -0.15) is 0 Å². The molecule has 0 amide bonds. The van der Waals surface area contributed by atoms with E-state index in [1.54, 1.807) is 0 Å². The summed E-state index contributed by atoms with van der Waals surface area (Å²) in [5.41, 5.74) is 4.07. The highest BCUT2D eigenvalue weighted by molar-refractivity contribution is 6.08. The molecule has 0 fully saturated rings. The summed E-state index contributed by atoms with van der Waals surface area (Å²) in [5.74, 6) is 0. The molecule has 2 aromatic carbocycles. The van der Waals surface area contributed by atoms with Gasteiger partial charge in [0.25, 0.3) is 0 Å². The summed E-state index contributed by atoms with van der Waals surface area (Å²) >= 11 is 0. The molecule has 0 saturated carbocycles. The second-order valence-electron chi connectivity index (χ2n) is 6.91. The zero-order valence-corrected chi connectivity index (χ0v) is 15.4. The lowest BCUT2D eigenvalue weighted by Gasteiger charge is -2.20. The minimum Gasteiger partial charge on any atom is -0.333 e. The standard InChI is InChI=1S/C24H26N2/c1-25-18-8-2-3-9-19-14-16-20(17-15-19)26-23-12-6-4-10-21(23)22-11-5-7-13-24(22)26/h2-7,10-16,20,25H,8-9,17-18H2,1H3/b3-2-. The Bertz CT molecular complexity index is 935. The van der Waals surface area contributed by atoms with Gasteiger partial charge in [-0.05, 0) is 50.6 Å². The van der Waals surface area contributed by atoms with Crippen LogP contribution in [0, 0.1) is 0 Å². The van der Waals surface area contributed by atoms with Crippen LogP contribution in [0.2, 0.25) is 0 Å². The first kappa shape index (κ1) is 16.9. The van der Waals surface area contributed by atoms with E-state index >= 15 is 0 Å². The van der Waals surface area contributed by atoms with E-state index in [4.69, 9.17) is 0 Å². The van der Waals surface area contributed by atoms with Gasteiger partial charge in [-0.3, -0.25) is 0 Å². The van der Waals surface area contributed by atoms with Crippen molar-refractivity contribution in [1.29, 1.82) is 0 Å². The minimum atomic E-state index is 0.386. The molecule has 0 spiro atoms. The van der Waals surface area contributed by atoms with Crippen molar-refractivity contribution < 1.29 is 0 Å². The van der Waals surface area contributed by atoms with Gasteiger partial charge in [0.1, 0.15) is 0 Å². The summed E-state index contributed by atoms with van der Waals surface area (Å²) in [6.07, 6.45) is 14.8. The number of benzene rings is 2. The van der Waals surface area contributed by atoms with Crippen molar-refractivity contribution in [3.8, 4) is 0 Å². The molecule has 0 radical (unpaired) electrons. The van der Waals surface area contributed by atoms with Crippen LogP contribution in [0.1, 0.15) is 25.3 Å². The number of hydrogen-bond donors (Lipinski definition) is 1. The lowest BCUT2D eigenvalue weighted by atomic mass is 10.00. The number of fused-ring (bicyclic) bond motifs is 3. The maximum atomic E-state index is 3.17. The molecule has 0 saturated heterocycles. The van der Waals surface area contributed by atoms with E-state index in [-0.39, 0.29) is 0 Å². The van der Waals surface area contributed by atoms with E-state index in [0.29, 0.717) is 6.04 Å². The van der Waals surface area contributed by atoms with Crippen LogP contribution in [0.25, 0.3) is 21.8 Å². The Labute approximate surface area is 155 Å². The fourth-order valence-electron chi connectivity index (χ4n) is 3.87. The predicted molar refractivity (Wildman–Crippen MR) is 113 cm³/mol. The van der Waals surface area contributed by atoms with Crippen LogP contribution in [0.5, 0.6) is 0 Å². The molecule has 3 aromatic rings. The van der Waals surface area contributed by atoms with Crippen LogP contribution in [-0.2, 0) is 0 Å². The van der Waals surface area contributed by atoms with Crippen LogP contribution < -0.4 is 5.32 Å². The van der Waals surface area contributed by atoms with Gasteiger partial charge in [0.2, 0.25) is 0 Å². The molecule has 1 atom stereocenters. The van der Waals surface area contributed by atoms with E-state index < -0.39 is 0 Å². The number of rotatable bonds is 6. The first-order chi connectivity index (χ1) is 12.9. The number of nitrogens with one attached hydrogen (secondary N) is 1. The minimum absolute atomic E-state index is 0.386. The smallest absolute Gasteiger partial charge is 0.0560 e. The topological polar surface area (TPSA) is 17.0 Å². The molecule has 2 heteroatoms. The Balaban J connectivity index is 1.58. The lowest BCUT2D eigenvalue weighted by Crippen LogP contribution is -2.08. The average Bonchev–Trinajstić information content (AvgIpc) is 3.03. The summed E-state index contributed by atoms with van der Waals surface area (Å²) in [4.78, 5) is 0. The molecular weight excluding hydrogens is 316 g/mol. The number of allylic oxidation sites excluding steroid dienone is 5. The molecular formula is C24H26N2. The maximum Gasteiger partial charge on any atom is 0.0560 e. The van der Waals surface area contributed by atoms with Crippen LogP contribution in [0.3, 0.4) is 0 Å². The summed E-state index contributed by atoms with van der Waals surface area (Å²) in [7, 11) is 2.00. The van der Waals surface area contributed by atoms with Gasteiger partial charge in [0.15, 0.2) is 0 Å². The van der Waals surface area contributed by atoms with Crippen molar-refractivity contribution in [1.82, 2.24) is 9.88 Å². The van der Waals surface area contributed by atoms with Crippen molar-refractivity contribution in [2.75, 3.05) is 13.6 Å². The maximum absolute atomic E-state index is 3.17. The van der Waals surface area contributed by atoms with E-state index in [0.717, 1.165) is 25.8 Å². The number of nitrogens with zero attached hydrogens (tertiary/aromatic N) is 1. The zero-order valence-electron chi connectivity index (χ0n) is 15.4. The largest absolute Gasteiger partial charge is 0.333 e. The Morgan fingerprint density at radius 2 is 1.69 bits per heavy atom. The molecule has 132 valence electrons. The zero-order chi connectivity index (χ0) is 17.8. The van der Waals surface area contributed by atoms with Crippen molar-refractivity contribution in [3.05, 3.63) is 84.5 Å². The summed E-state index contributed by atoms with van der Waals surface area (Å²) < 4.78 is 2.50. The van der Waals surface area contributed by atoms with Gasteiger partial charge in [-0.25, -0.2) is 0 Å². The Morgan fingerprint density at radius 3 is 2.31 bits per heavy atom. The summed E-state index contributed by atoms with van der Waals surface area (Å²) in [6, 6.07) is 17.9. The predicted octanol–water partition coefficient (Wildman–Crippen LogP) is 5.78. The van der Waals surface area contributed by atoms with Crippen LogP contribution in [0.4, 0.5) is 0 Å². The van der Waals surface area contributed by atoms with Crippen LogP contribution in [-0.4, -0.2) is 18.2 Å². The monoisotopic (exact) mass is 342 g/mol. The third kappa shape index (κ3) is 3.25. The lowest BCUT2D eigenvalue weighted by molar-refractivity contribution is 0.643. The van der Waals surface area contributed by atoms with Crippen molar-refractivity contribution in [3.63, 3.8) is 0 Å². The number of para-hydroxylation sites is 2. The Hall–Kier alpha value is -2.58. The second-order valence-corrected chi connectivity index (χ2v) is 6.91. The number of hydrogen-bond acceptors (Lipinski definition) is 1. The van der Waals surface area contributed by atoms with E-state index in [9.17, 15) is 0 Å². The van der Waals surface area contributed by atoms with Crippen molar-refractivity contribution in [2.24, 2.45) is 0 Å². The SMILES string of the molecule is CNCC/C=C\CC1=CCC(n2c3ccccc3c3ccccc32)C=C1. The fourth-order valence-corrected chi connectivity index (χ4v) is 3.87. The van der Waals surface area contributed by atoms with Crippen molar-refractivity contribution >= 4 is 21.8 Å². The molecule has 1 heterocycles.